The molecule has 0 aliphatic carbocycles. The number of rotatable bonds is 7. The molecule has 8 heteroatoms. The number of ketones is 1. The van der Waals surface area contributed by atoms with Gasteiger partial charge < -0.3 is 24.2 Å². The van der Waals surface area contributed by atoms with Crippen molar-refractivity contribution >= 4 is 29.1 Å². The fourth-order valence-electron chi connectivity index (χ4n) is 4.55. The van der Waals surface area contributed by atoms with Gasteiger partial charge in [-0.2, -0.15) is 0 Å². The molecule has 0 spiro atoms. The van der Waals surface area contributed by atoms with Crippen LogP contribution in [0.2, 0.25) is 5.02 Å². The number of likely N-dealkylation sites (tertiary alicyclic amines) is 1. The minimum Gasteiger partial charge on any atom is -0.507 e. The molecule has 0 aromatic heterocycles. The van der Waals surface area contributed by atoms with Gasteiger partial charge >= 0.3 is 0 Å². The largest absolute Gasteiger partial charge is 0.507 e. The van der Waals surface area contributed by atoms with Gasteiger partial charge in [-0.3, -0.25) is 9.59 Å². The van der Waals surface area contributed by atoms with E-state index in [2.05, 4.69) is 6.92 Å². The van der Waals surface area contributed by atoms with E-state index in [1.807, 2.05) is 24.3 Å². The van der Waals surface area contributed by atoms with E-state index in [1.165, 1.54) is 31.3 Å². The van der Waals surface area contributed by atoms with E-state index >= 15 is 0 Å². The molecule has 2 unspecified atom stereocenters. The van der Waals surface area contributed by atoms with Gasteiger partial charge in [0.2, 0.25) is 0 Å². The van der Waals surface area contributed by atoms with Gasteiger partial charge in [0, 0.05) is 19.2 Å². The SMILES string of the molecule is CCc1ccc(C2/C(=C(\O)c3cc(OC)c(Cl)cc3OC)C(=O)C(=O)N2CC2CCCO2)cc1. The maximum atomic E-state index is 13.3. The van der Waals surface area contributed by atoms with Crippen molar-refractivity contribution in [1.29, 1.82) is 0 Å². The lowest BCUT2D eigenvalue weighted by molar-refractivity contribution is -0.140. The summed E-state index contributed by atoms with van der Waals surface area (Å²) in [6.07, 6.45) is 2.43. The van der Waals surface area contributed by atoms with Gasteiger partial charge in [-0.25, -0.2) is 0 Å². The van der Waals surface area contributed by atoms with E-state index in [1.54, 1.807) is 0 Å². The van der Waals surface area contributed by atoms with Crippen molar-refractivity contribution in [2.45, 2.75) is 38.3 Å². The van der Waals surface area contributed by atoms with Crippen LogP contribution in [0.15, 0.2) is 42.0 Å². The average Bonchev–Trinajstić information content (AvgIpc) is 3.46. The molecule has 0 radical (unpaired) electrons. The van der Waals surface area contributed by atoms with Crippen LogP contribution in [0.3, 0.4) is 0 Å². The molecule has 0 bridgehead atoms. The summed E-state index contributed by atoms with van der Waals surface area (Å²) in [4.78, 5) is 28.0. The molecule has 1 amide bonds. The van der Waals surface area contributed by atoms with Gasteiger partial charge in [-0.1, -0.05) is 42.8 Å². The molecule has 2 aromatic rings. The third-order valence-corrected chi connectivity index (χ3v) is 6.69. The monoisotopic (exact) mass is 485 g/mol. The lowest BCUT2D eigenvalue weighted by atomic mass is 9.94. The van der Waals surface area contributed by atoms with E-state index in [4.69, 9.17) is 25.8 Å². The number of halogens is 1. The van der Waals surface area contributed by atoms with Crippen LogP contribution < -0.4 is 9.47 Å². The Balaban J connectivity index is 1.88. The normalized spacial score (nSPS) is 21.8. The third kappa shape index (κ3) is 4.38. The van der Waals surface area contributed by atoms with Crippen LogP contribution in [-0.2, 0) is 20.7 Å². The van der Waals surface area contributed by atoms with E-state index in [0.29, 0.717) is 17.4 Å². The van der Waals surface area contributed by atoms with Gasteiger partial charge in [-0.15, -0.1) is 0 Å². The molecule has 7 nitrogen and oxygen atoms in total. The summed E-state index contributed by atoms with van der Waals surface area (Å²) in [5, 5.41) is 11.7. The number of Topliss-reactive ketones (excluding diaryl/α,β-unsaturated/α-hetero) is 1. The maximum Gasteiger partial charge on any atom is 0.295 e. The summed E-state index contributed by atoms with van der Waals surface area (Å²) < 4.78 is 16.4. The number of hydrogen-bond acceptors (Lipinski definition) is 6. The second-order valence-corrected chi connectivity index (χ2v) is 8.78. The van der Waals surface area contributed by atoms with Crippen molar-refractivity contribution in [1.82, 2.24) is 4.90 Å². The molecule has 2 saturated heterocycles. The van der Waals surface area contributed by atoms with Gasteiger partial charge in [0.15, 0.2) is 0 Å². The molecule has 180 valence electrons. The maximum absolute atomic E-state index is 13.3. The van der Waals surface area contributed by atoms with E-state index in [9.17, 15) is 14.7 Å². The van der Waals surface area contributed by atoms with Crippen LogP contribution in [-0.4, -0.2) is 55.2 Å². The predicted octanol–water partition coefficient (Wildman–Crippen LogP) is 4.52. The molecule has 2 atom stereocenters. The quantitative estimate of drug-likeness (QED) is 0.352. The highest BCUT2D eigenvalue weighted by Crippen LogP contribution is 2.43. The first-order chi connectivity index (χ1) is 16.4. The van der Waals surface area contributed by atoms with Crippen molar-refractivity contribution in [2.24, 2.45) is 0 Å². The van der Waals surface area contributed by atoms with E-state index < -0.39 is 17.7 Å². The minimum atomic E-state index is -0.763. The molecule has 0 saturated carbocycles. The summed E-state index contributed by atoms with van der Waals surface area (Å²) in [5.74, 6) is -1.20. The number of benzene rings is 2. The molecule has 2 heterocycles. The first kappa shape index (κ1) is 24.1. The summed E-state index contributed by atoms with van der Waals surface area (Å²) in [7, 11) is 2.89. The first-order valence-electron chi connectivity index (χ1n) is 11.3. The molecule has 1 N–H and O–H groups in total. The summed E-state index contributed by atoms with van der Waals surface area (Å²) in [6.45, 7) is 2.95. The Labute approximate surface area is 203 Å². The van der Waals surface area contributed by atoms with Crippen molar-refractivity contribution in [3.05, 3.63) is 63.7 Å². The number of ether oxygens (including phenoxy) is 3. The Morgan fingerprint density at radius 2 is 1.85 bits per heavy atom. The average molecular weight is 486 g/mol. The van der Waals surface area contributed by atoms with Crippen LogP contribution in [0.5, 0.6) is 11.5 Å². The summed E-state index contributed by atoms with van der Waals surface area (Å²) >= 11 is 6.22. The Morgan fingerprint density at radius 3 is 2.44 bits per heavy atom. The Hall–Kier alpha value is -3.03. The second-order valence-electron chi connectivity index (χ2n) is 8.37. The fourth-order valence-corrected chi connectivity index (χ4v) is 4.78. The zero-order valence-electron chi connectivity index (χ0n) is 19.5. The first-order valence-corrected chi connectivity index (χ1v) is 11.7. The van der Waals surface area contributed by atoms with Crippen LogP contribution in [0.25, 0.3) is 5.76 Å². The highest BCUT2D eigenvalue weighted by atomic mass is 35.5. The number of hydrogen-bond donors (Lipinski definition) is 1. The zero-order chi connectivity index (χ0) is 24.4. The van der Waals surface area contributed by atoms with Crippen molar-refractivity contribution in [3.63, 3.8) is 0 Å². The van der Waals surface area contributed by atoms with Crippen LogP contribution in [0.1, 0.15) is 42.5 Å². The fraction of sp³-hybridized carbons (Fsp3) is 0.385. The van der Waals surface area contributed by atoms with E-state index in [0.717, 1.165) is 30.4 Å². The van der Waals surface area contributed by atoms with Crippen molar-refractivity contribution in [3.8, 4) is 11.5 Å². The minimum absolute atomic E-state index is 0.00470. The van der Waals surface area contributed by atoms with Crippen LogP contribution >= 0.6 is 11.6 Å². The number of nitrogens with zero attached hydrogens (tertiary/aromatic N) is 1. The zero-order valence-corrected chi connectivity index (χ0v) is 20.2. The number of aliphatic hydroxyl groups excluding tert-OH is 1. The molecule has 34 heavy (non-hydrogen) atoms. The van der Waals surface area contributed by atoms with Gasteiger partial charge in [0.1, 0.15) is 17.3 Å². The number of carbonyl (C=O) groups is 2. The third-order valence-electron chi connectivity index (χ3n) is 6.40. The summed E-state index contributed by atoms with van der Waals surface area (Å²) in [6, 6.07) is 9.96. The number of carbonyl (C=O) groups excluding carboxylic acids is 2. The second kappa shape index (κ2) is 10.1. The van der Waals surface area contributed by atoms with Crippen molar-refractivity contribution < 1.29 is 28.9 Å². The molecular weight excluding hydrogens is 458 g/mol. The van der Waals surface area contributed by atoms with Gasteiger partial charge in [0.05, 0.1) is 42.5 Å². The van der Waals surface area contributed by atoms with Crippen LogP contribution in [0, 0.1) is 0 Å². The predicted molar refractivity (Wildman–Crippen MR) is 128 cm³/mol. The number of amides is 1. The van der Waals surface area contributed by atoms with Gasteiger partial charge in [-0.05, 0) is 36.5 Å². The lowest BCUT2D eigenvalue weighted by Crippen LogP contribution is -2.36. The molecule has 2 aliphatic rings. The highest BCUT2D eigenvalue weighted by molar-refractivity contribution is 6.46. The molecular formula is C26H28ClNO6. The number of aliphatic hydroxyl groups is 1. The summed E-state index contributed by atoms with van der Waals surface area (Å²) in [5.41, 5.74) is 2.07. The molecule has 2 aliphatic heterocycles. The number of aryl methyl sites for hydroxylation is 1. The van der Waals surface area contributed by atoms with Crippen LogP contribution in [0.4, 0.5) is 0 Å². The Bertz CT molecular complexity index is 1120. The molecule has 2 aromatic carbocycles. The van der Waals surface area contributed by atoms with Gasteiger partial charge in [0.25, 0.3) is 11.7 Å². The topological polar surface area (TPSA) is 85.3 Å². The lowest BCUT2D eigenvalue weighted by Gasteiger charge is -2.27. The molecule has 4 rings (SSSR count). The van der Waals surface area contributed by atoms with Crippen molar-refractivity contribution in [2.75, 3.05) is 27.4 Å². The smallest absolute Gasteiger partial charge is 0.295 e. The molecule has 2 fully saturated rings. The highest BCUT2D eigenvalue weighted by Gasteiger charge is 2.47. The Kier molecular flexibility index (Phi) is 7.14. The Morgan fingerprint density at radius 1 is 1.15 bits per heavy atom. The number of methoxy groups -OCH3 is 2. The standard InChI is InChI=1S/C26H28ClNO6/c1-4-15-7-9-16(10-8-15)23-22(25(30)26(31)28(23)14-17-6-5-11-34-17)24(29)18-12-21(33-3)19(27)13-20(18)32-2/h7-10,12-13,17,23,29H,4-6,11,14H2,1-3H3/b24-22+. The van der Waals surface area contributed by atoms with E-state index in [-0.39, 0.29) is 35.3 Å².